The highest BCUT2D eigenvalue weighted by atomic mass is 32.2. The van der Waals surface area contributed by atoms with Crippen molar-refractivity contribution in [3.05, 3.63) is 30.2 Å². The maximum atomic E-state index is 9.56. The van der Waals surface area contributed by atoms with Crippen molar-refractivity contribution < 1.29 is 5.11 Å². The summed E-state index contributed by atoms with van der Waals surface area (Å²) in [4.78, 5) is 0. The monoisotopic (exact) mass is 229 g/mol. The zero-order chi connectivity index (χ0) is 10.2. The normalized spacial score (nSPS) is 12.6. The minimum atomic E-state index is -0.290. The summed E-state index contributed by atoms with van der Waals surface area (Å²) in [7, 11) is 0. The number of hydrogen-bond acceptors (Lipinski definition) is 4. The maximum Gasteiger partial charge on any atom is 0.0758 e. The summed E-state index contributed by atoms with van der Waals surface area (Å²) in [5.41, 5.74) is 0. The molecule has 0 amide bonds. The van der Waals surface area contributed by atoms with Crippen LogP contribution in [0.5, 0.6) is 0 Å². The van der Waals surface area contributed by atoms with Crippen LogP contribution in [-0.4, -0.2) is 30.1 Å². The lowest BCUT2D eigenvalue weighted by molar-refractivity contribution is 0.197. The maximum absolute atomic E-state index is 9.56. The van der Waals surface area contributed by atoms with E-state index in [1.165, 1.54) is 4.21 Å². The molecule has 78 valence electrons. The van der Waals surface area contributed by atoms with E-state index >= 15 is 0 Å². The molecular formula is C10H15NOS2. The van der Waals surface area contributed by atoms with Crippen molar-refractivity contribution in [2.24, 2.45) is 0 Å². The fourth-order valence-electron chi connectivity index (χ4n) is 0.935. The van der Waals surface area contributed by atoms with E-state index in [4.69, 9.17) is 0 Å². The molecule has 0 aromatic carbocycles. The van der Waals surface area contributed by atoms with E-state index in [0.717, 1.165) is 12.3 Å². The van der Waals surface area contributed by atoms with E-state index in [9.17, 15) is 5.11 Å². The van der Waals surface area contributed by atoms with Crippen LogP contribution in [-0.2, 0) is 0 Å². The van der Waals surface area contributed by atoms with E-state index < -0.39 is 0 Å². The summed E-state index contributed by atoms with van der Waals surface area (Å²) in [6.45, 7) is 4.98. The molecule has 1 heterocycles. The van der Waals surface area contributed by atoms with Crippen LogP contribution in [0.4, 0.5) is 0 Å². The Bertz CT molecular complexity index is 249. The summed E-state index contributed by atoms with van der Waals surface area (Å²) >= 11 is 3.40. The van der Waals surface area contributed by atoms with Gasteiger partial charge in [0.1, 0.15) is 0 Å². The van der Waals surface area contributed by atoms with Crippen LogP contribution in [0.1, 0.15) is 0 Å². The third-order valence-electron chi connectivity index (χ3n) is 1.58. The van der Waals surface area contributed by atoms with Crippen molar-refractivity contribution in [1.29, 1.82) is 0 Å². The van der Waals surface area contributed by atoms with E-state index in [0.29, 0.717) is 6.54 Å². The molecule has 0 radical (unpaired) electrons. The van der Waals surface area contributed by atoms with Gasteiger partial charge in [-0.2, -0.15) is 0 Å². The fraction of sp³-hybridized carbons (Fsp3) is 0.400. The van der Waals surface area contributed by atoms with E-state index in [-0.39, 0.29) is 6.10 Å². The van der Waals surface area contributed by atoms with Crippen molar-refractivity contribution in [3.63, 3.8) is 0 Å². The average molecular weight is 229 g/mol. The molecule has 0 bridgehead atoms. The summed E-state index contributed by atoms with van der Waals surface area (Å²) in [6, 6.07) is 4.09. The fourth-order valence-corrected chi connectivity index (χ4v) is 2.68. The molecule has 1 unspecified atom stereocenters. The summed E-state index contributed by atoms with van der Waals surface area (Å²) in [5, 5.41) is 14.7. The van der Waals surface area contributed by atoms with Crippen molar-refractivity contribution in [2.45, 2.75) is 10.3 Å². The number of nitrogens with one attached hydrogen (secondary N) is 1. The Morgan fingerprint density at radius 2 is 2.57 bits per heavy atom. The first-order valence-electron chi connectivity index (χ1n) is 4.49. The lowest BCUT2D eigenvalue weighted by Crippen LogP contribution is -2.28. The summed E-state index contributed by atoms with van der Waals surface area (Å²) < 4.78 is 1.26. The highest BCUT2D eigenvalue weighted by Crippen LogP contribution is 2.23. The predicted octanol–water partition coefficient (Wildman–Crippen LogP) is 1.98. The van der Waals surface area contributed by atoms with Crippen LogP contribution in [0.2, 0.25) is 0 Å². The summed E-state index contributed by atoms with van der Waals surface area (Å²) in [5.74, 6) is 0.741. The molecule has 1 aromatic rings. The topological polar surface area (TPSA) is 32.3 Å². The number of aliphatic hydroxyl groups is 1. The van der Waals surface area contributed by atoms with Gasteiger partial charge >= 0.3 is 0 Å². The van der Waals surface area contributed by atoms with Crippen molar-refractivity contribution >= 4 is 23.1 Å². The van der Waals surface area contributed by atoms with E-state index in [1.807, 2.05) is 11.4 Å². The molecule has 0 fully saturated rings. The molecule has 0 saturated heterocycles. The van der Waals surface area contributed by atoms with E-state index in [1.54, 1.807) is 29.2 Å². The largest absolute Gasteiger partial charge is 0.391 e. The number of aliphatic hydroxyl groups excluding tert-OH is 1. The number of thiophene rings is 1. The zero-order valence-electron chi connectivity index (χ0n) is 7.98. The molecule has 4 heteroatoms. The molecule has 2 N–H and O–H groups in total. The van der Waals surface area contributed by atoms with Gasteiger partial charge in [-0.05, 0) is 11.4 Å². The standard InChI is InChI=1S/C10H15NOS2/c1-2-5-11-7-9(12)8-14-10-4-3-6-13-10/h2-4,6,9,11-12H,1,5,7-8H2. The first kappa shape index (κ1) is 11.8. The van der Waals surface area contributed by atoms with Crippen LogP contribution >= 0.6 is 23.1 Å². The Labute approximate surface area is 93.0 Å². The van der Waals surface area contributed by atoms with Crippen LogP contribution in [0.15, 0.2) is 34.4 Å². The van der Waals surface area contributed by atoms with Crippen molar-refractivity contribution in [1.82, 2.24) is 5.32 Å². The first-order chi connectivity index (χ1) is 6.83. The predicted molar refractivity (Wildman–Crippen MR) is 64.1 cm³/mol. The first-order valence-corrected chi connectivity index (χ1v) is 6.35. The molecule has 0 spiro atoms. The van der Waals surface area contributed by atoms with Crippen LogP contribution < -0.4 is 5.32 Å². The Morgan fingerprint density at radius 3 is 3.21 bits per heavy atom. The molecule has 1 aromatic heterocycles. The molecule has 0 aliphatic rings. The molecule has 1 rings (SSSR count). The van der Waals surface area contributed by atoms with Gasteiger partial charge in [0.15, 0.2) is 0 Å². The third-order valence-corrected chi connectivity index (χ3v) is 3.86. The number of rotatable bonds is 7. The molecule has 0 saturated carbocycles. The highest BCUT2D eigenvalue weighted by molar-refractivity contribution is 8.01. The van der Waals surface area contributed by atoms with Gasteiger partial charge in [0.25, 0.3) is 0 Å². The third kappa shape index (κ3) is 4.81. The van der Waals surface area contributed by atoms with Crippen LogP contribution in [0.25, 0.3) is 0 Å². The van der Waals surface area contributed by atoms with Gasteiger partial charge in [-0.1, -0.05) is 12.1 Å². The second-order valence-corrected chi connectivity index (χ2v) is 5.11. The smallest absolute Gasteiger partial charge is 0.0758 e. The lowest BCUT2D eigenvalue weighted by Gasteiger charge is -2.09. The second-order valence-electron chi connectivity index (χ2n) is 2.84. The Balaban J connectivity index is 2.08. The van der Waals surface area contributed by atoms with Crippen LogP contribution in [0.3, 0.4) is 0 Å². The minimum Gasteiger partial charge on any atom is -0.391 e. The quantitative estimate of drug-likeness (QED) is 0.426. The number of thioether (sulfide) groups is 1. The lowest BCUT2D eigenvalue weighted by atomic mass is 10.4. The van der Waals surface area contributed by atoms with E-state index in [2.05, 4.69) is 18.0 Å². The van der Waals surface area contributed by atoms with Gasteiger partial charge in [0.05, 0.1) is 10.3 Å². The Hall–Kier alpha value is -0.290. The number of hydrogen-bond donors (Lipinski definition) is 2. The molecular weight excluding hydrogens is 214 g/mol. The van der Waals surface area contributed by atoms with Gasteiger partial charge in [0.2, 0.25) is 0 Å². The van der Waals surface area contributed by atoms with Gasteiger partial charge in [-0.15, -0.1) is 29.7 Å². The molecule has 0 aliphatic carbocycles. The van der Waals surface area contributed by atoms with Gasteiger partial charge < -0.3 is 10.4 Å². The Kier molecular flexibility index (Phi) is 5.94. The SMILES string of the molecule is C=CCNCC(O)CSc1cccs1. The molecule has 14 heavy (non-hydrogen) atoms. The molecule has 2 nitrogen and oxygen atoms in total. The van der Waals surface area contributed by atoms with Gasteiger partial charge in [-0.25, -0.2) is 0 Å². The molecule has 0 aliphatic heterocycles. The minimum absolute atomic E-state index is 0.290. The summed E-state index contributed by atoms with van der Waals surface area (Å²) in [6.07, 6.45) is 1.50. The molecule has 1 atom stereocenters. The van der Waals surface area contributed by atoms with Crippen LogP contribution in [0, 0.1) is 0 Å². The highest BCUT2D eigenvalue weighted by Gasteiger charge is 2.04. The van der Waals surface area contributed by atoms with Crippen molar-refractivity contribution in [2.75, 3.05) is 18.8 Å². The van der Waals surface area contributed by atoms with Gasteiger partial charge in [0, 0.05) is 18.8 Å². The average Bonchev–Trinajstić information content (AvgIpc) is 2.68. The second kappa shape index (κ2) is 7.06. The van der Waals surface area contributed by atoms with Crippen molar-refractivity contribution in [3.8, 4) is 0 Å². The zero-order valence-corrected chi connectivity index (χ0v) is 9.61. The van der Waals surface area contributed by atoms with Gasteiger partial charge in [-0.3, -0.25) is 0 Å². The Morgan fingerprint density at radius 1 is 1.71 bits per heavy atom.